The molecule has 0 fully saturated rings. The molecule has 5 heteroatoms. The third-order valence-corrected chi connectivity index (χ3v) is 4.05. The van der Waals surface area contributed by atoms with Crippen molar-refractivity contribution in [2.45, 2.75) is 39.3 Å². The number of ether oxygens (including phenoxy) is 1. The maximum Gasteiger partial charge on any atom is 0.226 e. The van der Waals surface area contributed by atoms with Crippen LogP contribution in [0.15, 0.2) is 16.6 Å². The minimum absolute atomic E-state index is 0.0118. The summed E-state index contributed by atoms with van der Waals surface area (Å²) in [5.74, 6) is 0.836. The number of nitrogens with zero attached hydrogens (tertiary/aromatic N) is 1. The maximum absolute atomic E-state index is 11.8. The summed E-state index contributed by atoms with van der Waals surface area (Å²) < 4.78 is 6.99. The van der Waals surface area contributed by atoms with Gasteiger partial charge in [0.05, 0.1) is 5.69 Å². The van der Waals surface area contributed by atoms with Gasteiger partial charge in [0.2, 0.25) is 5.91 Å². The van der Waals surface area contributed by atoms with Gasteiger partial charge < -0.3 is 10.5 Å². The Morgan fingerprint density at radius 1 is 1.53 bits per heavy atom. The van der Waals surface area contributed by atoms with Crippen LogP contribution in [0.5, 0.6) is 5.75 Å². The van der Waals surface area contributed by atoms with Crippen LogP contribution in [0.4, 0.5) is 5.69 Å². The Bertz CT molecular complexity index is 491. The standard InChI is InChI=1S/C14H19BrN2O2/c1-3-13-17(9(2)18)12-7-6-11(15)10(5-4-8-16)14(12)19-13/h6-7,13H,3-5,8,16H2,1-2H3. The molecule has 0 saturated carbocycles. The van der Waals surface area contributed by atoms with Gasteiger partial charge in [-0.2, -0.15) is 0 Å². The average molecular weight is 327 g/mol. The lowest BCUT2D eigenvalue weighted by Crippen LogP contribution is -2.37. The first-order valence-electron chi connectivity index (χ1n) is 6.58. The van der Waals surface area contributed by atoms with Gasteiger partial charge in [-0.05, 0) is 31.5 Å². The first kappa shape index (κ1) is 14.3. The van der Waals surface area contributed by atoms with Gasteiger partial charge in [0, 0.05) is 23.4 Å². The minimum atomic E-state index is -0.196. The van der Waals surface area contributed by atoms with Gasteiger partial charge in [0.25, 0.3) is 0 Å². The molecule has 1 aliphatic rings. The summed E-state index contributed by atoms with van der Waals surface area (Å²) in [6.45, 7) is 4.23. The Kier molecular flexibility index (Phi) is 4.47. The summed E-state index contributed by atoms with van der Waals surface area (Å²) in [5, 5.41) is 0. The predicted octanol–water partition coefficient (Wildman–Crippen LogP) is 2.82. The van der Waals surface area contributed by atoms with Crippen LogP contribution in [0.1, 0.15) is 32.3 Å². The normalized spacial score (nSPS) is 17.3. The summed E-state index contributed by atoms with van der Waals surface area (Å²) in [6, 6.07) is 3.91. The Labute approximate surface area is 122 Å². The monoisotopic (exact) mass is 326 g/mol. The number of carbonyl (C=O) groups excluding carboxylic acids is 1. The van der Waals surface area contributed by atoms with E-state index in [1.54, 1.807) is 11.8 Å². The lowest BCUT2D eigenvalue weighted by Gasteiger charge is -2.20. The van der Waals surface area contributed by atoms with E-state index in [9.17, 15) is 4.79 Å². The highest BCUT2D eigenvalue weighted by molar-refractivity contribution is 9.10. The Balaban J connectivity index is 2.44. The molecule has 1 aliphatic heterocycles. The van der Waals surface area contributed by atoms with Crippen molar-refractivity contribution in [1.29, 1.82) is 0 Å². The van der Waals surface area contributed by atoms with Crippen LogP contribution in [-0.4, -0.2) is 18.7 Å². The van der Waals surface area contributed by atoms with Crippen LogP contribution in [0.3, 0.4) is 0 Å². The highest BCUT2D eigenvalue weighted by Gasteiger charge is 2.34. The van der Waals surface area contributed by atoms with Crippen LogP contribution < -0.4 is 15.4 Å². The highest BCUT2D eigenvalue weighted by atomic mass is 79.9. The first-order valence-corrected chi connectivity index (χ1v) is 7.37. The second-order valence-corrected chi connectivity index (χ2v) is 5.49. The fraction of sp³-hybridized carbons (Fsp3) is 0.500. The number of benzene rings is 1. The van der Waals surface area contributed by atoms with Crippen molar-refractivity contribution in [3.8, 4) is 5.75 Å². The number of hydrogen-bond donors (Lipinski definition) is 1. The molecule has 0 bridgehead atoms. The summed E-state index contributed by atoms with van der Waals surface area (Å²) in [7, 11) is 0. The molecule has 1 unspecified atom stereocenters. The molecule has 0 saturated heterocycles. The number of fused-ring (bicyclic) bond motifs is 1. The molecule has 1 amide bonds. The fourth-order valence-electron chi connectivity index (χ4n) is 2.41. The first-order chi connectivity index (χ1) is 9.10. The van der Waals surface area contributed by atoms with E-state index in [1.807, 2.05) is 19.1 Å². The molecule has 1 aromatic carbocycles. The van der Waals surface area contributed by atoms with Crippen molar-refractivity contribution >= 4 is 27.5 Å². The molecule has 0 radical (unpaired) electrons. The number of halogens is 1. The molecule has 104 valence electrons. The molecule has 1 heterocycles. The molecule has 0 aliphatic carbocycles. The van der Waals surface area contributed by atoms with E-state index in [-0.39, 0.29) is 12.1 Å². The van der Waals surface area contributed by atoms with E-state index < -0.39 is 0 Å². The van der Waals surface area contributed by atoms with E-state index in [0.29, 0.717) is 6.54 Å². The molecule has 4 nitrogen and oxygen atoms in total. The third kappa shape index (κ3) is 2.62. The van der Waals surface area contributed by atoms with Gasteiger partial charge >= 0.3 is 0 Å². The Hall–Kier alpha value is -1.07. The molecule has 1 aromatic rings. The van der Waals surface area contributed by atoms with E-state index >= 15 is 0 Å². The molecular formula is C14H19BrN2O2. The largest absolute Gasteiger partial charge is 0.468 e. The zero-order valence-electron chi connectivity index (χ0n) is 11.3. The number of nitrogens with two attached hydrogens (primary N) is 1. The van der Waals surface area contributed by atoms with E-state index in [2.05, 4.69) is 15.9 Å². The summed E-state index contributed by atoms with van der Waals surface area (Å²) in [4.78, 5) is 13.5. The van der Waals surface area contributed by atoms with Gasteiger partial charge in [-0.1, -0.05) is 22.9 Å². The van der Waals surface area contributed by atoms with E-state index in [4.69, 9.17) is 10.5 Å². The molecular weight excluding hydrogens is 308 g/mol. The summed E-state index contributed by atoms with van der Waals surface area (Å²) in [6.07, 6.45) is 2.32. The van der Waals surface area contributed by atoms with Crippen LogP contribution in [0.2, 0.25) is 0 Å². The topological polar surface area (TPSA) is 55.6 Å². The lowest BCUT2D eigenvalue weighted by molar-refractivity contribution is -0.117. The van der Waals surface area contributed by atoms with Gasteiger partial charge in [-0.3, -0.25) is 9.69 Å². The molecule has 19 heavy (non-hydrogen) atoms. The highest BCUT2D eigenvalue weighted by Crippen LogP contribution is 2.44. The fourth-order valence-corrected chi connectivity index (χ4v) is 2.92. The number of hydrogen-bond acceptors (Lipinski definition) is 3. The molecule has 0 aromatic heterocycles. The maximum atomic E-state index is 11.8. The summed E-state index contributed by atoms with van der Waals surface area (Å²) >= 11 is 3.55. The molecule has 2 rings (SSSR count). The van der Waals surface area contributed by atoms with Crippen LogP contribution in [-0.2, 0) is 11.2 Å². The van der Waals surface area contributed by atoms with Gasteiger partial charge in [0.1, 0.15) is 5.75 Å². The second kappa shape index (κ2) is 5.92. The molecule has 0 spiro atoms. The SMILES string of the molecule is CCC1Oc2c(ccc(Br)c2CCCN)N1C(C)=O. The predicted molar refractivity (Wildman–Crippen MR) is 79.4 cm³/mol. The molecule has 1 atom stereocenters. The number of amides is 1. The van der Waals surface area contributed by atoms with E-state index in [1.165, 1.54) is 0 Å². The minimum Gasteiger partial charge on any atom is -0.468 e. The quantitative estimate of drug-likeness (QED) is 0.925. The number of rotatable bonds is 4. The Morgan fingerprint density at radius 3 is 2.84 bits per heavy atom. The number of anilines is 1. The van der Waals surface area contributed by atoms with Crippen LogP contribution >= 0.6 is 15.9 Å². The van der Waals surface area contributed by atoms with Crippen molar-refractivity contribution in [3.63, 3.8) is 0 Å². The zero-order valence-corrected chi connectivity index (χ0v) is 12.9. The van der Waals surface area contributed by atoms with Crippen molar-refractivity contribution in [2.24, 2.45) is 5.73 Å². The van der Waals surface area contributed by atoms with Gasteiger partial charge in [0.15, 0.2) is 6.23 Å². The van der Waals surface area contributed by atoms with E-state index in [0.717, 1.165) is 40.7 Å². The van der Waals surface area contributed by atoms with Crippen LogP contribution in [0, 0.1) is 0 Å². The van der Waals surface area contributed by atoms with Crippen molar-refractivity contribution in [3.05, 3.63) is 22.2 Å². The Morgan fingerprint density at radius 2 is 2.26 bits per heavy atom. The average Bonchev–Trinajstić information content (AvgIpc) is 2.76. The van der Waals surface area contributed by atoms with Gasteiger partial charge in [-0.15, -0.1) is 0 Å². The van der Waals surface area contributed by atoms with Gasteiger partial charge in [-0.25, -0.2) is 0 Å². The summed E-state index contributed by atoms with van der Waals surface area (Å²) in [5.41, 5.74) is 7.55. The smallest absolute Gasteiger partial charge is 0.226 e. The van der Waals surface area contributed by atoms with Crippen molar-refractivity contribution < 1.29 is 9.53 Å². The van der Waals surface area contributed by atoms with Crippen molar-refractivity contribution in [1.82, 2.24) is 0 Å². The zero-order chi connectivity index (χ0) is 14.0. The third-order valence-electron chi connectivity index (χ3n) is 3.30. The molecule has 2 N–H and O–H groups in total. The van der Waals surface area contributed by atoms with Crippen LogP contribution in [0.25, 0.3) is 0 Å². The number of carbonyl (C=O) groups is 1. The lowest BCUT2D eigenvalue weighted by atomic mass is 10.1. The second-order valence-electron chi connectivity index (χ2n) is 4.64. The van der Waals surface area contributed by atoms with Crippen molar-refractivity contribution in [2.75, 3.05) is 11.4 Å².